The molecular formula is C22H25BrN6O. The molecule has 0 bridgehead atoms. The minimum atomic E-state index is -0.119. The van der Waals surface area contributed by atoms with Gasteiger partial charge < -0.3 is 4.57 Å². The number of nitrogens with zero attached hydrogens (tertiary/aromatic N) is 5. The topological polar surface area (TPSA) is 81.4 Å². The van der Waals surface area contributed by atoms with Gasteiger partial charge in [-0.25, -0.2) is 0 Å². The number of rotatable bonds is 4. The number of H-pyrrole nitrogens is 1. The Morgan fingerprint density at radius 1 is 1.27 bits per heavy atom. The van der Waals surface area contributed by atoms with Crippen LogP contribution in [0.3, 0.4) is 0 Å². The Balaban J connectivity index is 0.00000106. The number of fused-ring (bicyclic) bond motifs is 1. The maximum absolute atomic E-state index is 13.0. The Kier molecular flexibility index (Phi) is 5.85. The van der Waals surface area contributed by atoms with Crippen LogP contribution in [0.25, 0.3) is 16.6 Å². The van der Waals surface area contributed by atoms with Crippen LogP contribution in [-0.2, 0) is 7.05 Å². The van der Waals surface area contributed by atoms with Gasteiger partial charge in [0.15, 0.2) is 0 Å². The molecule has 1 N–H and O–H groups in total. The summed E-state index contributed by atoms with van der Waals surface area (Å²) < 4.78 is 4.47. The largest absolute Gasteiger partial charge is 0.320 e. The van der Waals surface area contributed by atoms with E-state index in [2.05, 4.69) is 48.5 Å². The molecule has 1 aliphatic rings. The summed E-state index contributed by atoms with van der Waals surface area (Å²) in [5, 5.41) is 16.1. The van der Waals surface area contributed by atoms with Gasteiger partial charge in [-0.1, -0.05) is 32.4 Å². The lowest BCUT2D eigenvalue weighted by molar-refractivity contribution is 0.274. The van der Waals surface area contributed by atoms with Gasteiger partial charge in [0.25, 0.3) is 5.56 Å². The van der Waals surface area contributed by atoms with Crippen LogP contribution in [0.15, 0.2) is 52.3 Å². The second kappa shape index (κ2) is 8.55. The standard InChI is InChI=1S/C20H19BrN6O.C2H6/c1-26-11-23-25-19(26)17(12-4-2-5-12)13-6-3-7-14(8-13)27-10-16(21)15-9-22-24-18(15)20(27)28;1-2/h3,6-12,17H,2,4-5H2,1H3,(H,22,24);1-2H3. The van der Waals surface area contributed by atoms with E-state index in [1.54, 1.807) is 23.3 Å². The van der Waals surface area contributed by atoms with Crippen molar-refractivity contribution in [1.29, 1.82) is 0 Å². The minimum absolute atomic E-state index is 0.119. The molecule has 30 heavy (non-hydrogen) atoms. The highest BCUT2D eigenvalue weighted by Crippen LogP contribution is 2.42. The number of aromatic nitrogens is 6. The predicted molar refractivity (Wildman–Crippen MR) is 121 cm³/mol. The first kappa shape index (κ1) is 20.5. The predicted octanol–water partition coefficient (Wildman–Crippen LogP) is 4.56. The molecule has 156 valence electrons. The van der Waals surface area contributed by atoms with Crippen molar-refractivity contribution < 1.29 is 0 Å². The molecule has 4 aromatic rings. The third-order valence-corrected chi connectivity index (χ3v) is 6.36. The Labute approximate surface area is 183 Å². The van der Waals surface area contributed by atoms with Crippen molar-refractivity contribution in [2.75, 3.05) is 0 Å². The van der Waals surface area contributed by atoms with Crippen molar-refractivity contribution in [1.82, 2.24) is 29.5 Å². The van der Waals surface area contributed by atoms with Crippen molar-refractivity contribution >= 4 is 26.8 Å². The van der Waals surface area contributed by atoms with Crippen LogP contribution >= 0.6 is 15.9 Å². The normalized spacial score (nSPS) is 14.8. The number of hydrogen-bond acceptors (Lipinski definition) is 4. The van der Waals surface area contributed by atoms with E-state index < -0.39 is 0 Å². The summed E-state index contributed by atoms with van der Waals surface area (Å²) in [5.74, 6) is 1.70. The van der Waals surface area contributed by atoms with Crippen LogP contribution in [0.2, 0.25) is 0 Å². The van der Waals surface area contributed by atoms with Gasteiger partial charge in [-0.2, -0.15) is 5.10 Å². The zero-order valence-corrected chi connectivity index (χ0v) is 18.9. The van der Waals surface area contributed by atoms with Crippen LogP contribution in [0, 0.1) is 5.92 Å². The lowest BCUT2D eigenvalue weighted by atomic mass is 9.72. The van der Waals surface area contributed by atoms with Gasteiger partial charge in [0.05, 0.1) is 6.20 Å². The highest BCUT2D eigenvalue weighted by molar-refractivity contribution is 9.10. The summed E-state index contributed by atoms with van der Waals surface area (Å²) in [6.45, 7) is 4.00. The summed E-state index contributed by atoms with van der Waals surface area (Å²) in [4.78, 5) is 13.0. The molecule has 3 aromatic heterocycles. The molecule has 1 unspecified atom stereocenters. The van der Waals surface area contributed by atoms with Crippen LogP contribution in [0.4, 0.5) is 0 Å². The Morgan fingerprint density at radius 3 is 2.73 bits per heavy atom. The molecule has 0 saturated heterocycles. The third-order valence-electron chi connectivity index (χ3n) is 5.73. The number of pyridine rings is 1. The van der Waals surface area contributed by atoms with Crippen molar-refractivity contribution in [2.24, 2.45) is 13.0 Å². The number of aryl methyl sites for hydroxylation is 1. The average molecular weight is 469 g/mol. The zero-order chi connectivity index (χ0) is 21.3. The fourth-order valence-corrected chi connectivity index (χ4v) is 4.54. The van der Waals surface area contributed by atoms with Crippen LogP contribution in [0.1, 0.15) is 50.4 Å². The van der Waals surface area contributed by atoms with Crippen molar-refractivity contribution in [3.8, 4) is 5.69 Å². The van der Waals surface area contributed by atoms with E-state index in [0.29, 0.717) is 11.4 Å². The van der Waals surface area contributed by atoms with Crippen molar-refractivity contribution in [3.63, 3.8) is 0 Å². The first-order valence-electron chi connectivity index (χ1n) is 10.3. The molecule has 3 heterocycles. The molecular weight excluding hydrogens is 444 g/mol. The molecule has 1 saturated carbocycles. The van der Waals surface area contributed by atoms with Gasteiger partial charge in [0.2, 0.25) is 0 Å². The van der Waals surface area contributed by atoms with E-state index in [9.17, 15) is 4.79 Å². The van der Waals surface area contributed by atoms with E-state index >= 15 is 0 Å². The summed E-state index contributed by atoms with van der Waals surface area (Å²) in [7, 11) is 1.98. The zero-order valence-electron chi connectivity index (χ0n) is 17.3. The smallest absolute Gasteiger partial charge is 0.281 e. The number of halogens is 1. The Bertz CT molecular complexity index is 1220. The van der Waals surface area contributed by atoms with Gasteiger partial charge in [-0.05, 0) is 52.4 Å². The molecule has 1 atom stereocenters. The Hall–Kier alpha value is -2.74. The molecule has 1 aliphatic carbocycles. The molecule has 1 aromatic carbocycles. The first-order valence-corrected chi connectivity index (χ1v) is 11.1. The van der Waals surface area contributed by atoms with Gasteiger partial charge in [0.1, 0.15) is 17.7 Å². The van der Waals surface area contributed by atoms with Gasteiger partial charge >= 0.3 is 0 Å². The van der Waals surface area contributed by atoms with Crippen LogP contribution in [0.5, 0.6) is 0 Å². The number of benzene rings is 1. The minimum Gasteiger partial charge on any atom is -0.320 e. The maximum Gasteiger partial charge on any atom is 0.281 e. The van der Waals surface area contributed by atoms with Crippen molar-refractivity contribution in [2.45, 2.75) is 39.0 Å². The highest BCUT2D eigenvalue weighted by Gasteiger charge is 2.33. The summed E-state index contributed by atoms with van der Waals surface area (Å²) in [6.07, 6.45) is 8.84. The lowest BCUT2D eigenvalue weighted by Crippen LogP contribution is -2.24. The highest BCUT2D eigenvalue weighted by atomic mass is 79.9. The van der Waals surface area contributed by atoms with Gasteiger partial charge in [0, 0.05) is 34.7 Å². The fraction of sp³-hybridized carbons (Fsp3) is 0.364. The number of aromatic amines is 1. The van der Waals surface area contributed by atoms with Crippen molar-refractivity contribution in [3.05, 3.63) is 69.2 Å². The fourth-order valence-electron chi connectivity index (χ4n) is 4.03. The monoisotopic (exact) mass is 468 g/mol. The van der Waals surface area contributed by atoms with Gasteiger partial charge in [-0.3, -0.25) is 14.5 Å². The molecule has 5 rings (SSSR count). The summed E-state index contributed by atoms with van der Waals surface area (Å²) in [6, 6.07) is 8.17. The third kappa shape index (κ3) is 3.49. The maximum atomic E-state index is 13.0. The molecule has 0 radical (unpaired) electrons. The second-order valence-corrected chi connectivity index (χ2v) is 8.23. The molecule has 8 heteroatoms. The van der Waals surface area contributed by atoms with E-state index in [-0.39, 0.29) is 11.5 Å². The SMILES string of the molecule is CC.Cn1cnnc1C(c1cccc(-n2cc(Br)c3cn[nH]c3c2=O)c1)C1CCC1. The average Bonchev–Trinajstić information content (AvgIpc) is 3.39. The Morgan fingerprint density at radius 2 is 2.07 bits per heavy atom. The van der Waals surface area contributed by atoms with E-state index in [1.807, 2.05) is 37.6 Å². The molecule has 0 spiro atoms. The first-order chi connectivity index (χ1) is 14.6. The molecule has 7 nitrogen and oxygen atoms in total. The molecule has 1 fully saturated rings. The summed E-state index contributed by atoms with van der Waals surface area (Å²) >= 11 is 3.55. The summed E-state index contributed by atoms with van der Waals surface area (Å²) in [5.41, 5.74) is 2.35. The van der Waals surface area contributed by atoms with Gasteiger partial charge in [-0.15, -0.1) is 10.2 Å². The van der Waals surface area contributed by atoms with E-state index in [1.165, 1.54) is 19.3 Å². The number of hydrogen-bond donors (Lipinski definition) is 1. The van der Waals surface area contributed by atoms with Crippen LogP contribution < -0.4 is 5.56 Å². The quantitative estimate of drug-likeness (QED) is 0.475. The van der Waals surface area contributed by atoms with E-state index in [0.717, 1.165) is 26.9 Å². The van der Waals surface area contributed by atoms with E-state index in [4.69, 9.17) is 0 Å². The lowest BCUT2D eigenvalue weighted by Gasteiger charge is -2.33. The van der Waals surface area contributed by atoms with Crippen LogP contribution in [-0.4, -0.2) is 29.5 Å². The number of nitrogens with one attached hydrogen (secondary N) is 1. The molecule has 0 amide bonds. The second-order valence-electron chi connectivity index (χ2n) is 7.37. The molecule has 0 aliphatic heterocycles.